The van der Waals surface area contributed by atoms with Crippen LogP contribution < -0.4 is 20.1 Å². The van der Waals surface area contributed by atoms with Gasteiger partial charge in [-0.25, -0.2) is 0 Å². The quantitative estimate of drug-likeness (QED) is 0.384. The molecular weight excluding hydrogens is 338 g/mol. The van der Waals surface area contributed by atoms with Crippen molar-refractivity contribution in [1.82, 2.24) is 5.32 Å². The number of hydrogen-bond acceptors (Lipinski definition) is 6. The van der Waals surface area contributed by atoms with Crippen LogP contribution in [-0.2, 0) is 4.79 Å². The minimum absolute atomic E-state index is 0.0156. The Balaban J connectivity index is 1.67. The molecule has 0 aromatic heterocycles. The summed E-state index contributed by atoms with van der Waals surface area (Å²) in [6.07, 6.45) is 0.195. The zero-order valence-corrected chi connectivity index (χ0v) is 14.4. The average Bonchev–Trinajstić information content (AvgIpc) is 2.65. The number of methoxy groups -OCH3 is 1. The number of nitro benzene ring substituents is 1. The monoisotopic (exact) mass is 359 g/mol. The number of nitrogens with zero attached hydrogens (tertiary/aromatic N) is 1. The van der Waals surface area contributed by atoms with E-state index in [4.69, 9.17) is 9.47 Å². The average molecular weight is 359 g/mol. The van der Waals surface area contributed by atoms with E-state index in [1.54, 1.807) is 37.4 Å². The summed E-state index contributed by atoms with van der Waals surface area (Å²) in [6.45, 7) is 0.954. The molecule has 0 heterocycles. The normalized spacial score (nSPS) is 10.0. The van der Waals surface area contributed by atoms with Gasteiger partial charge in [0, 0.05) is 19.0 Å². The maximum Gasteiger partial charge on any atom is 0.292 e. The summed E-state index contributed by atoms with van der Waals surface area (Å²) in [6, 6.07) is 13.6. The van der Waals surface area contributed by atoms with Crippen molar-refractivity contribution >= 4 is 17.3 Å². The highest BCUT2D eigenvalue weighted by Gasteiger charge is 2.12. The van der Waals surface area contributed by atoms with Gasteiger partial charge in [0.15, 0.2) is 11.5 Å². The standard InChI is InChI=1S/C18H21N3O5/c1-25-16-8-4-5-9-17(16)26-13-12-20-18(22)10-11-19-14-6-2-3-7-15(14)21(23)24/h2-9,19H,10-13H2,1H3,(H,20,22). The molecule has 138 valence electrons. The molecule has 8 nitrogen and oxygen atoms in total. The Labute approximate surface area is 151 Å². The number of ether oxygens (including phenoxy) is 2. The second kappa shape index (κ2) is 9.87. The van der Waals surface area contributed by atoms with Crippen LogP contribution in [0, 0.1) is 10.1 Å². The summed E-state index contributed by atoms with van der Waals surface area (Å²) < 4.78 is 10.7. The number of carbonyl (C=O) groups excluding carboxylic acids is 1. The fourth-order valence-corrected chi connectivity index (χ4v) is 2.27. The molecule has 0 bridgehead atoms. The van der Waals surface area contributed by atoms with Crippen molar-refractivity contribution in [2.75, 3.05) is 32.1 Å². The maximum atomic E-state index is 11.8. The summed E-state index contributed by atoms with van der Waals surface area (Å²) in [5.74, 6) is 1.08. The molecule has 0 unspecified atom stereocenters. The Kier molecular flexibility index (Phi) is 7.23. The van der Waals surface area contributed by atoms with Gasteiger partial charge in [-0.05, 0) is 18.2 Å². The topological polar surface area (TPSA) is 103 Å². The lowest BCUT2D eigenvalue weighted by atomic mass is 10.2. The van der Waals surface area contributed by atoms with E-state index in [1.807, 2.05) is 12.1 Å². The van der Waals surface area contributed by atoms with Crippen molar-refractivity contribution in [1.29, 1.82) is 0 Å². The minimum atomic E-state index is -0.461. The van der Waals surface area contributed by atoms with Gasteiger partial charge in [-0.3, -0.25) is 14.9 Å². The van der Waals surface area contributed by atoms with Gasteiger partial charge in [-0.1, -0.05) is 24.3 Å². The van der Waals surface area contributed by atoms with Crippen LogP contribution in [0.5, 0.6) is 11.5 Å². The predicted octanol–water partition coefficient (Wildman–Crippen LogP) is 2.60. The second-order valence-corrected chi connectivity index (χ2v) is 5.30. The van der Waals surface area contributed by atoms with Crippen LogP contribution in [0.1, 0.15) is 6.42 Å². The van der Waals surface area contributed by atoms with Crippen LogP contribution in [0.15, 0.2) is 48.5 Å². The highest BCUT2D eigenvalue weighted by molar-refractivity contribution is 5.76. The van der Waals surface area contributed by atoms with Crippen LogP contribution >= 0.6 is 0 Å². The molecule has 2 aromatic carbocycles. The van der Waals surface area contributed by atoms with Gasteiger partial charge in [0.25, 0.3) is 5.69 Å². The number of nitro groups is 1. The lowest BCUT2D eigenvalue weighted by Gasteiger charge is -2.11. The summed E-state index contributed by atoms with van der Waals surface area (Å²) in [5, 5.41) is 16.6. The van der Waals surface area contributed by atoms with Gasteiger partial charge in [-0.2, -0.15) is 0 Å². The summed E-state index contributed by atoms with van der Waals surface area (Å²) in [7, 11) is 1.56. The molecule has 0 radical (unpaired) electrons. The molecule has 0 saturated heterocycles. The molecule has 0 saturated carbocycles. The first kappa shape index (κ1) is 19.0. The van der Waals surface area contributed by atoms with Crippen LogP contribution in [0.25, 0.3) is 0 Å². The number of hydrogen-bond donors (Lipinski definition) is 2. The Morgan fingerprint density at radius 1 is 1.08 bits per heavy atom. The van der Waals surface area contributed by atoms with Gasteiger partial charge in [0.1, 0.15) is 12.3 Å². The molecule has 0 aliphatic heterocycles. The second-order valence-electron chi connectivity index (χ2n) is 5.30. The first-order chi connectivity index (χ1) is 12.6. The van der Waals surface area contributed by atoms with Crippen molar-refractivity contribution in [2.24, 2.45) is 0 Å². The Bertz CT molecular complexity index is 751. The van der Waals surface area contributed by atoms with Crippen LogP contribution in [0.4, 0.5) is 11.4 Å². The van der Waals surface area contributed by atoms with E-state index < -0.39 is 4.92 Å². The molecule has 8 heteroatoms. The number of benzene rings is 2. The number of carbonyl (C=O) groups is 1. The Morgan fingerprint density at radius 3 is 2.50 bits per heavy atom. The lowest BCUT2D eigenvalue weighted by Crippen LogP contribution is -2.29. The van der Waals surface area contributed by atoms with Crippen molar-refractivity contribution < 1.29 is 19.2 Å². The zero-order valence-electron chi connectivity index (χ0n) is 14.4. The molecule has 0 atom stereocenters. The van der Waals surface area contributed by atoms with Crippen molar-refractivity contribution in [3.63, 3.8) is 0 Å². The minimum Gasteiger partial charge on any atom is -0.493 e. The Hall–Kier alpha value is -3.29. The molecule has 1 amide bonds. The molecule has 0 spiro atoms. The fraction of sp³-hybridized carbons (Fsp3) is 0.278. The van der Waals surface area contributed by atoms with Crippen LogP contribution in [0.3, 0.4) is 0 Å². The maximum absolute atomic E-state index is 11.8. The van der Waals surface area contributed by atoms with Crippen LogP contribution in [0.2, 0.25) is 0 Å². The summed E-state index contributed by atoms with van der Waals surface area (Å²) >= 11 is 0. The van der Waals surface area contributed by atoms with E-state index in [0.29, 0.717) is 36.9 Å². The predicted molar refractivity (Wildman–Crippen MR) is 97.7 cm³/mol. The number of nitrogens with one attached hydrogen (secondary N) is 2. The highest BCUT2D eigenvalue weighted by atomic mass is 16.6. The third-order valence-corrected chi connectivity index (χ3v) is 3.52. The third kappa shape index (κ3) is 5.66. The van der Waals surface area contributed by atoms with E-state index >= 15 is 0 Å². The number of amides is 1. The first-order valence-corrected chi connectivity index (χ1v) is 8.11. The van der Waals surface area contributed by atoms with E-state index in [-0.39, 0.29) is 18.0 Å². The van der Waals surface area contributed by atoms with Gasteiger partial charge < -0.3 is 20.1 Å². The van der Waals surface area contributed by atoms with Gasteiger partial charge in [0.05, 0.1) is 18.6 Å². The van der Waals surface area contributed by atoms with Gasteiger partial charge >= 0.3 is 0 Å². The molecule has 2 aromatic rings. The molecule has 0 aliphatic carbocycles. The van der Waals surface area contributed by atoms with Crippen molar-refractivity contribution in [2.45, 2.75) is 6.42 Å². The molecule has 0 aliphatic rings. The molecule has 2 rings (SSSR count). The van der Waals surface area contributed by atoms with E-state index in [0.717, 1.165) is 0 Å². The molecule has 0 fully saturated rings. The van der Waals surface area contributed by atoms with Crippen molar-refractivity contribution in [3.8, 4) is 11.5 Å². The third-order valence-electron chi connectivity index (χ3n) is 3.52. The first-order valence-electron chi connectivity index (χ1n) is 8.11. The number of rotatable bonds is 10. The highest BCUT2D eigenvalue weighted by Crippen LogP contribution is 2.25. The summed E-state index contributed by atoms with van der Waals surface area (Å²) in [5.41, 5.74) is 0.378. The SMILES string of the molecule is COc1ccccc1OCCNC(=O)CCNc1ccccc1[N+](=O)[O-]. The molecular formula is C18H21N3O5. The smallest absolute Gasteiger partial charge is 0.292 e. The molecule has 2 N–H and O–H groups in total. The van der Waals surface area contributed by atoms with E-state index in [2.05, 4.69) is 10.6 Å². The Morgan fingerprint density at radius 2 is 1.77 bits per heavy atom. The fourth-order valence-electron chi connectivity index (χ4n) is 2.27. The van der Waals surface area contributed by atoms with E-state index in [9.17, 15) is 14.9 Å². The summed E-state index contributed by atoms with van der Waals surface area (Å²) in [4.78, 5) is 22.3. The number of para-hydroxylation sites is 4. The number of anilines is 1. The lowest BCUT2D eigenvalue weighted by molar-refractivity contribution is -0.384. The van der Waals surface area contributed by atoms with Crippen LogP contribution in [-0.4, -0.2) is 37.6 Å². The van der Waals surface area contributed by atoms with E-state index in [1.165, 1.54) is 6.07 Å². The molecule has 26 heavy (non-hydrogen) atoms. The largest absolute Gasteiger partial charge is 0.493 e. The van der Waals surface area contributed by atoms with Gasteiger partial charge in [0.2, 0.25) is 5.91 Å². The zero-order chi connectivity index (χ0) is 18.8. The van der Waals surface area contributed by atoms with Gasteiger partial charge in [-0.15, -0.1) is 0 Å². The van der Waals surface area contributed by atoms with Crippen molar-refractivity contribution in [3.05, 3.63) is 58.6 Å².